The molecule has 1 aromatic rings. The van der Waals surface area contributed by atoms with Crippen LogP contribution in [-0.4, -0.2) is 18.5 Å². The molecule has 1 aliphatic carbocycles. The maximum Gasteiger partial charge on any atom is 0.157 e. The number of carbonyl (C=O) groups excluding carboxylic acids is 1. The molecule has 106 valence electrons. The number of nitrogens with zero attached hydrogens (tertiary/aromatic N) is 1. The summed E-state index contributed by atoms with van der Waals surface area (Å²) in [4.78, 5) is 12.2. The van der Waals surface area contributed by atoms with Gasteiger partial charge in [0.25, 0.3) is 0 Å². The van der Waals surface area contributed by atoms with Gasteiger partial charge in [0.05, 0.1) is 11.7 Å². The number of benzene rings is 1. The minimum absolute atomic E-state index is 0.0792. The lowest BCUT2D eigenvalue weighted by Crippen LogP contribution is -2.42. The quantitative estimate of drug-likeness (QED) is 0.832. The highest BCUT2D eigenvalue weighted by Crippen LogP contribution is 2.39. The Morgan fingerprint density at radius 2 is 2.20 bits per heavy atom. The van der Waals surface area contributed by atoms with Gasteiger partial charge >= 0.3 is 0 Å². The Labute approximate surface area is 116 Å². The van der Waals surface area contributed by atoms with E-state index >= 15 is 0 Å². The lowest BCUT2D eigenvalue weighted by Gasteiger charge is -2.40. The molecule has 0 radical (unpaired) electrons. The van der Waals surface area contributed by atoms with Crippen LogP contribution in [0.2, 0.25) is 0 Å². The van der Waals surface area contributed by atoms with Crippen molar-refractivity contribution in [3.05, 3.63) is 35.4 Å². The van der Waals surface area contributed by atoms with Crippen LogP contribution in [0.15, 0.2) is 18.2 Å². The fourth-order valence-electron chi connectivity index (χ4n) is 2.49. The molecule has 0 spiro atoms. The molecule has 0 aliphatic heterocycles. The summed E-state index contributed by atoms with van der Waals surface area (Å²) in [6.45, 7) is 0. The zero-order valence-corrected chi connectivity index (χ0v) is 11.2. The first-order valence-electron chi connectivity index (χ1n) is 6.44. The van der Waals surface area contributed by atoms with Crippen LogP contribution in [0.25, 0.3) is 0 Å². The van der Waals surface area contributed by atoms with Crippen LogP contribution in [0.4, 0.5) is 8.78 Å². The molecule has 1 aliphatic rings. The van der Waals surface area contributed by atoms with E-state index in [4.69, 9.17) is 10.00 Å². The van der Waals surface area contributed by atoms with E-state index in [1.54, 1.807) is 6.07 Å². The average Bonchev–Trinajstić information content (AvgIpc) is 2.37. The summed E-state index contributed by atoms with van der Waals surface area (Å²) in [7, 11) is 1.53. The number of ketones is 1. The van der Waals surface area contributed by atoms with E-state index in [0.29, 0.717) is 6.07 Å². The fraction of sp³-hybridized carbons (Fsp3) is 0.467. The van der Waals surface area contributed by atoms with Crippen molar-refractivity contribution in [3.8, 4) is 6.07 Å². The summed E-state index contributed by atoms with van der Waals surface area (Å²) in [5, 5.41) is 9.13. The van der Waals surface area contributed by atoms with Gasteiger partial charge in [-0.2, -0.15) is 5.26 Å². The molecule has 0 amide bonds. The Morgan fingerprint density at radius 1 is 1.50 bits per heavy atom. The second-order valence-corrected chi connectivity index (χ2v) is 5.11. The standard InChI is InChI=1S/C15H15F2NO2/c1-20-15(5-2-6-15)8-14(19)12(9-18)11-4-3-10(16)7-13(11)17/h3-4,7,12H,2,5-6,8H2,1H3. The number of rotatable bonds is 5. The molecule has 0 N–H and O–H groups in total. The third-order valence-corrected chi connectivity index (χ3v) is 3.92. The number of Topliss-reactive ketones (excluding diaryl/α,β-unsaturated/α-hetero) is 1. The molecule has 1 unspecified atom stereocenters. The van der Waals surface area contributed by atoms with Crippen molar-refractivity contribution in [2.24, 2.45) is 0 Å². The second-order valence-electron chi connectivity index (χ2n) is 5.11. The van der Waals surface area contributed by atoms with Gasteiger partial charge in [-0.15, -0.1) is 0 Å². The number of hydrogen-bond acceptors (Lipinski definition) is 3. The zero-order chi connectivity index (χ0) is 14.8. The number of halogens is 2. The van der Waals surface area contributed by atoms with Crippen molar-refractivity contribution in [1.29, 1.82) is 5.26 Å². The lowest BCUT2D eigenvalue weighted by molar-refractivity contribution is -0.132. The van der Waals surface area contributed by atoms with Crippen molar-refractivity contribution in [3.63, 3.8) is 0 Å². The van der Waals surface area contributed by atoms with E-state index in [1.165, 1.54) is 7.11 Å². The molecule has 2 rings (SSSR count). The molecule has 1 saturated carbocycles. The average molecular weight is 279 g/mol. The van der Waals surface area contributed by atoms with Gasteiger partial charge in [0.1, 0.15) is 17.6 Å². The third-order valence-electron chi connectivity index (χ3n) is 3.92. The van der Waals surface area contributed by atoms with Gasteiger partial charge in [-0.25, -0.2) is 8.78 Å². The zero-order valence-electron chi connectivity index (χ0n) is 11.2. The SMILES string of the molecule is COC1(CC(=O)C(C#N)c2ccc(F)cc2F)CCC1. The Kier molecular flexibility index (Phi) is 4.15. The van der Waals surface area contributed by atoms with Crippen molar-refractivity contribution in [1.82, 2.24) is 0 Å². The van der Waals surface area contributed by atoms with Crippen molar-refractivity contribution >= 4 is 5.78 Å². The summed E-state index contributed by atoms with van der Waals surface area (Å²) in [5.41, 5.74) is -0.590. The van der Waals surface area contributed by atoms with Crippen LogP contribution in [0.5, 0.6) is 0 Å². The molecule has 3 nitrogen and oxygen atoms in total. The number of hydrogen-bond donors (Lipinski definition) is 0. The van der Waals surface area contributed by atoms with Crippen LogP contribution < -0.4 is 0 Å². The maximum absolute atomic E-state index is 13.7. The minimum atomic E-state index is -1.22. The highest BCUT2D eigenvalue weighted by molar-refractivity contribution is 5.89. The van der Waals surface area contributed by atoms with Gasteiger partial charge < -0.3 is 4.74 Å². The van der Waals surface area contributed by atoms with Gasteiger partial charge in [-0.05, 0) is 25.3 Å². The fourth-order valence-corrected chi connectivity index (χ4v) is 2.49. The van der Waals surface area contributed by atoms with Crippen molar-refractivity contribution in [2.45, 2.75) is 37.2 Å². The molecule has 5 heteroatoms. The molecule has 0 aromatic heterocycles. The Hall–Kier alpha value is -1.80. The van der Waals surface area contributed by atoms with Crippen molar-refractivity contribution < 1.29 is 18.3 Å². The lowest BCUT2D eigenvalue weighted by atomic mass is 9.74. The van der Waals surface area contributed by atoms with E-state index in [-0.39, 0.29) is 17.8 Å². The molecule has 1 fully saturated rings. The summed E-state index contributed by atoms with van der Waals surface area (Å²) >= 11 is 0. The molecular weight excluding hydrogens is 264 g/mol. The van der Waals surface area contributed by atoms with E-state index in [0.717, 1.165) is 31.4 Å². The van der Waals surface area contributed by atoms with Gasteiger partial charge in [-0.1, -0.05) is 6.07 Å². The normalized spacial score (nSPS) is 17.9. The van der Waals surface area contributed by atoms with E-state index in [9.17, 15) is 13.6 Å². The largest absolute Gasteiger partial charge is 0.378 e. The number of carbonyl (C=O) groups is 1. The molecule has 0 heterocycles. The van der Waals surface area contributed by atoms with Crippen LogP contribution in [0.1, 0.15) is 37.2 Å². The molecular formula is C15H15F2NO2. The van der Waals surface area contributed by atoms with E-state index in [1.807, 2.05) is 0 Å². The Morgan fingerprint density at radius 3 is 2.65 bits per heavy atom. The second kappa shape index (κ2) is 5.68. The van der Waals surface area contributed by atoms with Gasteiger partial charge in [0.2, 0.25) is 0 Å². The monoisotopic (exact) mass is 279 g/mol. The Balaban J connectivity index is 2.20. The van der Waals surface area contributed by atoms with Crippen LogP contribution in [-0.2, 0) is 9.53 Å². The van der Waals surface area contributed by atoms with Crippen LogP contribution >= 0.6 is 0 Å². The number of methoxy groups -OCH3 is 1. The maximum atomic E-state index is 13.7. The van der Waals surface area contributed by atoms with Gasteiger partial charge in [-0.3, -0.25) is 4.79 Å². The summed E-state index contributed by atoms with van der Waals surface area (Å²) in [5.74, 6) is -3.21. The summed E-state index contributed by atoms with van der Waals surface area (Å²) < 4.78 is 31.9. The van der Waals surface area contributed by atoms with Crippen LogP contribution in [0.3, 0.4) is 0 Å². The molecule has 1 aromatic carbocycles. The third kappa shape index (κ3) is 2.70. The predicted octanol–water partition coefficient (Wildman–Crippen LogP) is 3.10. The van der Waals surface area contributed by atoms with Crippen LogP contribution in [0, 0.1) is 23.0 Å². The Bertz CT molecular complexity index is 556. The highest BCUT2D eigenvalue weighted by atomic mass is 19.1. The molecule has 20 heavy (non-hydrogen) atoms. The van der Waals surface area contributed by atoms with Crippen molar-refractivity contribution in [2.75, 3.05) is 7.11 Å². The highest BCUT2D eigenvalue weighted by Gasteiger charge is 2.41. The van der Waals surface area contributed by atoms with E-state index in [2.05, 4.69) is 0 Å². The first kappa shape index (κ1) is 14.6. The van der Waals surface area contributed by atoms with Gasteiger partial charge in [0, 0.05) is 25.2 Å². The smallest absolute Gasteiger partial charge is 0.157 e. The first-order valence-corrected chi connectivity index (χ1v) is 6.44. The number of nitriles is 1. The first-order chi connectivity index (χ1) is 9.51. The molecule has 0 bridgehead atoms. The van der Waals surface area contributed by atoms with Gasteiger partial charge in [0.15, 0.2) is 5.78 Å². The molecule has 0 saturated heterocycles. The summed E-state index contributed by atoms with van der Waals surface area (Å²) in [6.07, 6.45) is 2.58. The summed E-state index contributed by atoms with van der Waals surface area (Å²) in [6, 6.07) is 4.69. The topological polar surface area (TPSA) is 50.1 Å². The predicted molar refractivity (Wildman–Crippen MR) is 67.9 cm³/mol. The van der Waals surface area contributed by atoms with E-state index < -0.39 is 23.2 Å². The number of ether oxygens (including phenoxy) is 1. The molecule has 1 atom stereocenters. The minimum Gasteiger partial charge on any atom is -0.378 e.